The second kappa shape index (κ2) is 8.77. The molecule has 0 heterocycles. The number of methoxy groups -OCH3 is 1. The maximum Gasteiger partial charge on any atom is 0.263 e. The number of aryl methyl sites for hydroxylation is 2. The third-order valence-electron chi connectivity index (χ3n) is 3.07. The minimum Gasteiger partial charge on any atom is -0.385 e. The zero-order valence-electron chi connectivity index (χ0n) is 12.7. The number of nitrogens with zero attached hydrogens (tertiary/aromatic N) is 1. The summed E-state index contributed by atoms with van der Waals surface area (Å²) < 4.78 is 4.89. The van der Waals surface area contributed by atoms with E-state index in [0.29, 0.717) is 19.6 Å². The molecule has 0 aliphatic rings. The largest absolute Gasteiger partial charge is 0.385 e. The molecule has 2 N–H and O–H groups in total. The zero-order valence-corrected chi connectivity index (χ0v) is 12.7. The van der Waals surface area contributed by atoms with Crippen molar-refractivity contribution in [1.82, 2.24) is 5.32 Å². The summed E-state index contributed by atoms with van der Waals surface area (Å²) >= 11 is 0. The number of rotatable bonds is 7. The Hall–Kier alpha value is -2.32. The molecule has 5 nitrogen and oxygen atoms in total. The van der Waals surface area contributed by atoms with Crippen molar-refractivity contribution < 1.29 is 9.53 Å². The molecule has 0 spiro atoms. The maximum atomic E-state index is 11.8. The number of nitrogens with one attached hydrogen (secondary N) is 2. The first-order chi connectivity index (χ1) is 10.1. The summed E-state index contributed by atoms with van der Waals surface area (Å²) in [6.45, 7) is 5.10. The molecule has 0 fully saturated rings. The normalized spacial score (nSPS) is 10.9. The minimum atomic E-state index is -0.384. The molecule has 0 aliphatic heterocycles. The van der Waals surface area contributed by atoms with Crippen LogP contribution < -0.4 is 10.6 Å². The highest BCUT2D eigenvalue weighted by Crippen LogP contribution is 2.14. The lowest BCUT2D eigenvalue weighted by molar-refractivity contribution is -0.117. The lowest BCUT2D eigenvalue weighted by Gasteiger charge is -2.06. The molecule has 5 heteroatoms. The fourth-order valence-corrected chi connectivity index (χ4v) is 1.65. The fraction of sp³-hybridized carbons (Fsp3) is 0.375. The van der Waals surface area contributed by atoms with Crippen LogP contribution in [0.25, 0.3) is 0 Å². The molecule has 0 bridgehead atoms. The quantitative estimate of drug-likeness (QED) is 0.458. The maximum absolute atomic E-state index is 11.8. The van der Waals surface area contributed by atoms with Crippen LogP contribution >= 0.6 is 0 Å². The van der Waals surface area contributed by atoms with Gasteiger partial charge in [0.15, 0.2) is 0 Å². The van der Waals surface area contributed by atoms with Crippen molar-refractivity contribution in [2.75, 3.05) is 25.6 Å². The predicted molar refractivity (Wildman–Crippen MR) is 82.7 cm³/mol. The van der Waals surface area contributed by atoms with Gasteiger partial charge in [-0.3, -0.25) is 4.79 Å². The van der Waals surface area contributed by atoms with Gasteiger partial charge in [-0.1, -0.05) is 6.07 Å². The van der Waals surface area contributed by atoms with Crippen LogP contribution in [-0.4, -0.2) is 26.2 Å². The number of hydrogen-bond donors (Lipinski definition) is 2. The Morgan fingerprint density at radius 2 is 2.14 bits per heavy atom. The molecule has 1 aromatic rings. The molecule has 1 rings (SSSR count). The molecule has 0 aliphatic carbocycles. The standard InChI is InChI=1S/C16H21N3O2/c1-12-5-6-15(9-13(12)2)19-11-14(10-17)16(20)18-7-4-8-21-3/h5-6,9,11,19H,4,7-8H2,1-3H3,(H,18,20)/b14-11-. The van der Waals surface area contributed by atoms with E-state index in [4.69, 9.17) is 10.00 Å². The van der Waals surface area contributed by atoms with Crippen LogP contribution in [0, 0.1) is 25.2 Å². The molecule has 1 aromatic carbocycles. The van der Waals surface area contributed by atoms with Gasteiger partial charge in [-0.25, -0.2) is 0 Å². The number of nitriles is 1. The minimum absolute atomic E-state index is 0.0469. The van der Waals surface area contributed by atoms with E-state index in [2.05, 4.69) is 10.6 Å². The lowest BCUT2D eigenvalue weighted by atomic mass is 10.1. The summed E-state index contributed by atoms with van der Waals surface area (Å²) in [6, 6.07) is 7.76. The van der Waals surface area contributed by atoms with Crippen molar-refractivity contribution in [1.29, 1.82) is 5.26 Å². The fourth-order valence-electron chi connectivity index (χ4n) is 1.65. The predicted octanol–water partition coefficient (Wildman–Crippen LogP) is 2.28. The van der Waals surface area contributed by atoms with Gasteiger partial charge in [0.25, 0.3) is 5.91 Å². The molecule has 112 valence electrons. The van der Waals surface area contributed by atoms with Gasteiger partial charge in [-0.2, -0.15) is 5.26 Å². The summed E-state index contributed by atoms with van der Waals surface area (Å²) in [5.41, 5.74) is 3.24. The van der Waals surface area contributed by atoms with Gasteiger partial charge in [-0.05, 0) is 43.5 Å². The van der Waals surface area contributed by atoms with Crippen LogP contribution in [0.5, 0.6) is 0 Å². The smallest absolute Gasteiger partial charge is 0.263 e. The monoisotopic (exact) mass is 287 g/mol. The van der Waals surface area contributed by atoms with Crippen LogP contribution in [0.2, 0.25) is 0 Å². The molecular weight excluding hydrogens is 266 g/mol. The Kier molecular flexibility index (Phi) is 6.99. The molecule has 0 unspecified atom stereocenters. The van der Waals surface area contributed by atoms with E-state index in [9.17, 15) is 4.79 Å². The van der Waals surface area contributed by atoms with Crippen molar-refractivity contribution in [2.45, 2.75) is 20.3 Å². The number of ether oxygens (including phenoxy) is 1. The van der Waals surface area contributed by atoms with E-state index in [-0.39, 0.29) is 11.5 Å². The molecule has 0 atom stereocenters. The van der Waals surface area contributed by atoms with E-state index >= 15 is 0 Å². The summed E-state index contributed by atoms with van der Waals surface area (Å²) in [5, 5.41) is 14.7. The van der Waals surface area contributed by atoms with Crippen LogP contribution in [0.1, 0.15) is 17.5 Å². The molecule has 0 saturated heterocycles. The number of benzene rings is 1. The lowest BCUT2D eigenvalue weighted by Crippen LogP contribution is -2.26. The summed E-state index contributed by atoms with van der Waals surface area (Å²) in [4.78, 5) is 11.8. The average molecular weight is 287 g/mol. The highest BCUT2D eigenvalue weighted by Gasteiger charge is 2.07. The SMILES string of the molecule is COCCCNC(=O)/C(C#N)=C\Nc1ccc(C)c(C)c1. The molecule has 1 amide bonds. The van der Waals surface area contributed by atoms with Gasteiger partial charge in [0.05, 0.1) is 0 Å². The molecular formula is C16H21N3O2. The van der Waals surface area contributed by atoms with Crippen molar-refractivity contribution in [2.24, 2.45) is 0 Å². The van der Waals surface area contributed by atoms with Crippen LogP contribution in [-0.2, 0) is 9.53 Å². The van der Waals surface area contributed by atoms with E-state index in [1.54, 1.807) is 7.11 Å². The van der Waals surface area contributed by atoms with Crippen LogP contribution in [0.4, 0.5) is 5.69 Å². The number of carbonyl (C=O) groups is 1. The van der Waals surface area contributed by atoms with E-state index in [1.165, 1.54) is 11.8 Å². The Morgan fingerprint density at radius 1 is 1.38 bits per heavy atom. The third kappa shape index (κ3) is 5.67. The molecule has 0 saturated carbocycles. The first-order valence-electron chi connectivity index (χ1n) is 6.79. The van der Waals surface area contributed by atoms with E-state index in [0.717, 1.165) is 11.3 Å². The van der Waals surface area contributed by atoms with Gasteiger partial charge < -0.3 is 15.4 Å². The molecule has 0 aromatic heterocycles. The van der Waals surface area contributed by atoms with Gasteiger partial charge in [0.1, 0.15) is 11.6 Å². The van der Waals surface area contributed by atoms with Gasteiger partial charge in [0.2, 0.25) is 0 Å². The average Bonchev–Trinajstić information content (AvgIpc) is 2.48. The summed E-state index contributed by atoms with van der Waals surface area (Å²) in [5.74, 6) is -0.384. The highest BCUT2D eigenvalue weighted by molar-refractivity contribution is 5.97. The molecule has 0 radical (unpaired) electrons. The summed E-state index contributed by atoms with van der Waals surface area (Å²) in [6.07, 6.45) is 2.14. The Morgan fingerprint density at radius 3 is 2.76 bits per heavy atom. The number of hydrogen-bond acceptors (Lipinski definition) is 4. The van der Waals surface area contributed by atoms with E-state index < -0.39 is 0 Å². The Labute approximate surface area is 125 Å². The van der Waals surface area contributed by atoms with Crippen LogP contribution in [0.3, 0.4) is 0 Å². The number of anilines is 1. The van der Waals surface area contributed by atoms with Gasteiger partial charge in [0, 0.05) is 32.1 Å². The Bertz CT molecular complexity index is 559. The molecule has 21 heavy (non-hydrogen) atoms. The number of amides is 1. The van der Waals surface area contributed by atoms with Crippen molar-refractivity contribution in [3.8, 4) is 6.07 Å². The van der Waals surface area contributed by atoms with Crippen molar-refractivity contribution in [3.63, 3.8) is 0 Å². The van der Waals surface area contributed by atoms with Crippen molar-refractivity contribution >= 4 is 11.6 Å². The number of carbonyl (C=O) groups excluding carboxylic acids is 1. The first-order valence-corrected chi connectivity index (χ1v) is 6.79. The van der Waals surface area contributed by atoms with E-state index in [1.807, 2.05) is 38.1 Å². The Balaban J connectivity index is 2.60. The second-order valence-corrected chi connectivity index (χ2v) is 4.72. The topological polar surface area (TPSA) is 74.1 Å². The third-order valence-corrected chi connectivity index (χ3v) is 3.07. The van der Waals surface area contributed by atoms with Gasteiger partial charge >= 0.3 is 0 Å². The second-order valence-electron chi connectivity index (χ2n) is 4.72. The summed E-state index contributed by atoms with van der Waals surface area (Å²) in [7, 11) is 1.61. The zero-order chi connectivity index (χ0) is 15.7. The van der Waals surface area contributed by atoms with Crippen LogP contribution in [0.15, 0.2) is 30.0 Å². The van der Waals surface area contributed by atoms with Crippen molar-refractivity contribution in [3.05, 3.63) is 41.1 Å². The highest BCUT2D eigenvalue weighted by atomic mass is 16.5. The first kappa shape index (κ1) is 16.7. The van der Waals surface area contributed by atoms with Gasteiger partial charge in [-0.15, -0.1) is 0 Å².